The number of ether oxygens (including phenoxy) is 5. The molecule has 0 bridgehead atoms. The average Bonchev–Trinajstić information content (AvgIpc) is 3.71. The monoisotopic (exact) mass is 653 g/mol. The molecule has 1 fully saturated rings. The van der Waals surface area contributed by atoms with Gasteiger partial charge in [-0.25, -0.2) is 9.79 Å². The van der Waals surface area contributed by atoms with E-state index in [0.717, 1.165) is 11.1 Å². The van der Waals surface area contributed by atoms with Crippen LogP contribution in [0.25, 0.3) is 11.8 Å². The molecule has 0 aliphatic carbocycles. The van der Waals surface area contributed by atoms with Crippen molar-refractivity contribution in [2.75, 3.05) is 46.3 Å². The van der Waals surface area contributed by atoms with Crippen LogP contribution in [0, 0.1) is 0 Å². The van der Waals surface area contributed by atoms with Crippen LogP contribution in [0.2, 0.25) is 0 Å². The molecule has 1 aromatic heterocycles. The predicted molar refractivity (Wildman–Crippen MR) is 173 cm³/mol. The summed E-state index contributed by atoms with van der Waals surface area (Å²) in [5, 5.41) is 0. The van der Waals surface area contributed by atoms with E-state index in [2.05, 4.69) is 0 Å². The van der Waals surface area contributed by atoms with Crippen LogP contribution >= 0.6 is 11.3 Å². The Morgan fingerprint density at radius 3 is 2.53 bits per heavy atom. The third kappa shape index (κ3) is 6.17. The number of hydrogen-bond donors (Lipinski definition) is 0. The lowest BCUT2D eigenvalue weighted by molar-refractivity contribution is -0.139. The highest BCUT2D eigenvalue weighted by Crippen LogP contribution is 2.40. The van der Waals surface area contributed by atoms with E-state index in [1.165, 1.54) is 11.3 Å². The molecule has 12 heteroatoms. The van der Waals surface area contributed by atoms with Crippen LogP contribution in [0.5, 0.6) is 17.2 Å². The van der Waals surface area contributed by atoms with Crippen LogP contribution in [0.3, 0.4) is 0 Å². The van der Waals surface area contributed by atoms with Crippen molar-refractivity contribution in [3.63, 3.8) is 0 Å². The second kappa shape index (κ2) is 13.3. The summed E-state index contributed by atoms with van der Waals surface area (Å²) in [6.07, 6.45) is 1.78. The topological polar surface area (TPSA) is 118 Å². The van der Waals surface area contributed by atoms with Gasteiger partial charge in [0.15, 0.2) is 22.9 Å². The molecule has 240 valence electrons. The first-order chi connectivity index (χ1) is 23.0. The van der Waals surface area contributed by atoms with E-state index in [4.69, 9.17) is 28.7 Å². The molecular weight excluding hydrogens is 622 g/mol. The Bertz CT molecular complexity index is 2030. The third-order valence-electron chi connectivity index (χ3n) is 7.99. The molecule has 7 rings (SSSR count). The fourth-order valence-electron chi connectivity index (χ4n) is 5.70. The molecule has 4 heterocycles. The number of esters is 1. The minimum Gasteiger partial charge on any atom is -0.484 e. The molecule has 3 aromatic carbocycles. The molecular formula is C35H31N3O8S. The summed E-state index contributed by atoms with van der Waals surface area (Å²) in [6, 6.07) is 21.1. The summed E-state index contributed by atoms with van der Waals surface area (Å²) in [4.78, 5) is 47.4. The minimum absolute atomic E-state index is 0.0651. The maximum absolute atomic E-state index is 14.2. The maximum atomic E-state index is 14.2. The Balaban J connectivity index is 1.27. The van der Waals surface area contributed by atoms with Crippen molar-refractivity contribution in [1.29, 1.82) is 0 Å². The van der Waals surface area contributed by atoms with Gasteiger partial charge >= 0.3 is 5.97 Å². The summed E-state index contributed by atoms with van der Waals surface area (Å²) in [6.45, 7) is 4.09. The largest absolute Gasteiger partial charge is 0.484 e. The molecule has 0 N–H and O–H groups in total. The van der Waals surface area contributed by atoms with Crippen LogP contribution in [0.4, 0.5) is 0 Å². The maximum Gasteiger partial charge on any atom is 0.338 e. The van der Waals surface area contributed by atoms with Crippen molar-refractivity contribution in [1.82, 2.24) is 9.47 Å². The van der Waals surface area contributed by atoms with Gasteiger partial charge in [-0.15, -0.1) is 0 Å². The van der Waals surface area contributed by atoms with Crippen LogP contribution < -0.4 is 29.1 Å². The van der Waals surface area contributed by atoms with Gasteiger partial charge in [-0.05, 0) is 48.4 Å². The highest BCUT2D eigenvalue weighted by Gasteiger charge is 2.36. The number of benzene rings is 3. The first-order valence-electron chi connectivity index (χ1n) is 15.3. The van der Waals surface area contributed by atoms with E-state index < -0.39 is 12.0 Å². The lowest BCUT2D eigenvalue weighted by Crippen LogP contribution is -2.42. The molecule has 1 saturated heterocycles. The molecule has 47 heavy (non-hydrogen) atoms. The number of amides is 1. The molecule has 11 nitrogen and oxygen atoms in total. The second-order valence-electron chi connectivity index (χ2n) is 10.9. The van der Waals surface area contributed by atoms with Crippen molar-refractivity contribution in [3.8, 4) is 17.2 Å². The standard InChI is InChI=1S/C35H31N3O8S/c1-2-43-34(41)30-31(23-6-4-3-5-7-23)36-35-38(32(30)24-10-13-26-27(19-24)46-21-45-26)33(40)28(47-35)18-22-8-11-25(12-9-22)44-20-29(39)37-14-16-42-17-15-37/h3-13,18-19,32H,2,14-17,20-21H2,1H3/b28-18+/t32-/m1/s1. The number of hydrogen-bond acceptors (Lipinski definition) is 10. The molecule has 4 aromatic rings. The van der Waals surface area contributed by atoms with E-state index in [1.807, 2.05) is 48.5 Å². The highest BCUT2D eigenvalue weighted by atomic mass is 32.1. The van der Waals surface area contributed by atoms with Crippen LogP contribution in [0.1, 0.15) is 29.7 Å². The van der Waals surface area contributed by atoms with E-state index in [1.54, 1.807) is 46.7 Å². The summed E-state index contributed by atoms with van der Waals surface area (Å²) in [5.41, 5.74) is 2.52. The summed E-state index contributed by atoms with van der Waals surface area (Å²) in [7, 11) is 0. The first kappa shape index (κ1) is 30.5. The van der Waals surface area contributed by atoms with E-state index in [9.17, 15) is 14.4 Å². The Morgan fingerprint density at radius 2 is 1.77 bits per heavy atom. The SMILES string of the molecule is CCOC(=O)C1=C(c2ccccc2)N=c2s/c(=C/c3ccc(OCC(=O)N4CCOCC4)cc3)c(=O)n2[C@@H]1c1ccc2c(c1)OCO2. The smallest absolute Gasteiger partial charge is 0.338 e. The Kier molecular flexibility index (Phi) is 8.60. The fourth-order valence-corrected chi connectivity index (χ4v) is 6.70. The quantitative estimate of drug-likeness (QED) is 0.267. The van der Waals surface area contributed by atoms with Crippen LogP contribution in [0.15, 0.2) is 88.2 Å². The van der Waals surface area contributed by atoms with Gasteiger partial charge in [0.1, 0.15) is 5.75 Å². The van der Waals surface area contributed by atoms with Gasteiger partial charge in [0.25, 0.3) is 11.5 Å². The number of nitrogens with zero attached hydrogens (tertiary/aromatic N) is 3. The molecule has 0 spiro atoms. The van der Waals surface area contributed by atoms with Gasteiger partial charge in [0.05, 0.1) is 41.7 Å². The number of morpholine rings is 1. The number of aromatic nitrogens is 1. The lowest BCUT2D eigenvalue weighted by Gasteiger charge is -2.26. The van der Waals surface area contributed by atoms with Crippen molar-refractivity contribution in [3.05, 3.63) is 115 Å². The Labute approximate surface area is 273 Å². The average molecular weight is 654 g/mol. The van der Waals surface area contributed by atoms with Crippen LogP contribution in [-0.2, 0) is 19.1 Å². The molecule has 1 amide bonds. The van der Waals surface area contributed by atoms with Gasteiger partial charge < -0.3 is 28.6 Å². The Hall–Kier alpha value is -5.20. The van der Waals surface area contributed by atoms with Crippen LogP contribution in [-0.4, -0.2) is 67.7 Å². The predicted octanol–water partition coefficient (Wildman–Crippen LogP) is 2.90. The van der Waals surface area contributed by atoms with Gasteiger partial charge in [0.2, 0.25) is 6.79 Å². The molecule has 0 unspecified atom stereocenters. The normalized spacial score (nSPS) is 17.3. The van der Waals surface area contributed by atoms with Gasteiger partial charge in [-0.3, -0.25) is 14.2 Å². The van der Waals surface area contributed by atoms with E-state index in [0.29, 0.717) is 64.1 Å². The first-order valence-corrected chi connectivity index (χ1v) is 16.1. The number of rotatable bonds is 8. The number of carbonyl (C=O) groups excluding carboxylic acids is 2. The van der Waals surface area contributed by atoms with Crippen molar-refractivity contribution >= 4 is 35.0 Å². The zero-order valence-corrected chi connectivity index (χ0v) is 26.4. The molecule has 3 aliphatic rings. The molecule has 0 radical (unpaired) electrons. The molecule has 3 aliphatic heterocycles. The zero-order chi connectivity index (χ0) is 32.3. The van der Waals surface area contributed by atoms with Crippen molar-refractivity contribution < 1.29 is 33.3 Å². The highest BCUT2D eigenvalue weighted by molar-refractivity contribution is 7.07. The second-order valence-corrected chi connectivity index (χ2v) is 11.9. The number of carbonyl (C=O) groups is 2. The molecule has 0 saturated carbocycles. The van der Waals surface area contributed by atoms with Gasteiger partial charge in [-0.2, -0.15) is 0 Å². The zero-order valence-electron chi connectivity index (χ0n) is 25.5. The number of thiazole rings is 1. The van der Waals surface area contributed by atoms with Crippen molar-refractivity contribution in [2.24, 2.45) is 4.99 Å². The van der Waals surface area contributed by atoms with Gasteiger partial charge in [0, 0.05) is 18.7 Å². The lowest BCUT2D eigenvalue weighted by atomic mass is 9.93. The fraction of sp³-hybridized carbons (Fsp3) is 0.257. The minimum atomic E-state index is -0.836. The van der Waals surface area contributed by atoms with E-state index in [-0.39, 0.29) is 37.0 Å². The van der Waals surface area contributed by atoms with Gasteiger partial charge in [-0.1, -0.05) is 59.9 Å². The summed E-state index contributed by atoms with van der Waals surface area (Å²) >= 11 is 1.23. The summed E-state index contributed by atoms with van der Waals surface area (Å²) in [5.74, 6) is 1.01. The third-order valence-corrected chi connectivity index (χ3v) is 8.97. The Morgan fingerprint density at radius 1 is 1.00 bits per heavy atom. The number of fused-ring (bicyclic) bond motifs is 2. The van der Waals surface area contributed by atoms with Crippen molar-refractivity contribution in [2.45, 2.75) is 13.0 Å². The summed E-state index contributed by atoms with van der Waals surface area (Å²) < 4.78 is 29.7. The van der Waals surface area contributed by atoms with E-state index >= 15 is 0 Å². The molecule has 1 atom stereocenters.